The number of para-hydroxylation sites is 2. The van der Waals surface area contributed by atoms with E-state index in [1.165, 1.54) is 18.6 Å². The highest BCUT2D eigenvalue weighted by Crippen LogP contribution is 2.30. The Labute approximate surface area is 136 Å². The van der Waals surface area contributed by atoms with E-state index in [1.54, 1.807) is 19.1 Å². The Kier molecular flexibility index (Phi) is 5.58. The number of carbonyl (C=O) groups is 1. The number of nitro groups is 1. The average molecular weight is 320 g/mol. The van der Waals surface area contributed by atoms with E-state index in [9.17, 15) is 14.9 Å². The number of benzene rings is 1. The fourth-order valence-electron chi connectivity index (χ4n) is 3.04. The standard InChI is InChI=1S/C17H24N2O4/c1-11-7-6-8-14(12(11)2)18-17(20)13(3)23-16-10-5-4-9-15(16)19(21)22/h4-5,9-14H,6-8H2,1-3H3,(H,18,20)/t11-,12-,13-,14+/m1/s1. The van der Waals surface area contributed by atoms with Gasteiger partial charge in [0.15, 0.2) is 11.9 Å². The second-order valence-corrected chi connectivity index (χ2v) is 6.37. The zero-order valence-electron chi connectivity index (χ0n) is 13.8. The van der Waals surface area contributed by atoms with Crippen molar-refractivity contribution in [3.8, 4) is 5.75 Å². The summed E-state index contributed by atoms with van der Waals surface area (Å²) in [7, 11) is 0. The number of ether oxygens (including phenoxy) is 1. The van der Waals surface area contributed by atoms with Gasteiger partial charge in [0.2, 0.25) is 0 Å². The maximum atomic E-state index is 12.3. The number of carbonyl (C=O) groups excluding carboxylic acids is 1. The van der Waals surface area contributed by atoms with E-state index < -0.39 is 11.0 Å². The summed E-state index contributed by atoms with van der Waals surface area (Å²) in [6, 6.07) is 6.24. The zero-order valence-corrected chi connectivity index (χ0v) is 13.8. The third-order valence-corrected chi connectivity index (χ3v) is 4.77. The summed E-state index contributed by atoms with van der Waals surface area (Å²) in [6.45, 7) is 5.97. The molecule has 23 heavy (non-hydrogen) atoms. The van der Waals surface area contributed by atoms with Gasteiger partial charge in [-0.2, -0.15) is 0 Å². The lowest BCUT2D eigenvalue weighted by atomic mass is 9.78. The summed E-state index contributed by atoms with van der Waals surface area (Å²) in [4.78, 5) is 22.8. The van der Waals surface area contributed by atoms with E-state index in [1.807, 2.05) is 0 Å². The van der Waals surface area contributed by atoms with Gasteiger partial charge in [-0.25, -0.2) is 0 Å². The number of amides is 1. The van der Waals surface area contributed by atoms with Crippen LogP contribution in [0.15, 0.2) is 24.3 Å². The van der Waals surface area contributed by atoms with Crippen molar-refractivity contribution in [3.63, 3.8) is 0 Å². The van der Waals surface area contributed by atoms with Crippen LogP contribution in [0.2, 0.25) is 0 Å². The smallest absolute Gasteiger partial charge is 0.310 e. The van der Waals surface area contributed by atoms with Crippen LogP contribution in [0.5, 0.6) is 5.75 Å². The minimum absolute atomic E-state index is 0.116. The summed E-state index contributed by atoms with van der Waals surface area (Å²) >= 11 is 0. The van der Waals surface area contributed by atoms with Crippen molar-refractivity contribution >= 4 is 11.6 Å². The molecule has 1 aliphatic carbocycles. The number of hydrogen-bond donors (Lipinski definition) is 1. The van der Waals surface area contributed by atoms with E-state index in [4.69, 9.17) is 4.74 Å². The van der Waals surface area contributed by atoms with Crippen LogP contribution in [-0.2, 0) is 4.79 Å². The first-order valence-electron chi connectivity index (χ1n) is 8.10. The van der Waals surface area contributed by atoms with Crippen LogP contribution >= 0.6 is 0 Å². The Morgan fingerprint density at radius 2 is 2.04 bits per heavy atom. The van der Waals surface area contributed by atoms with Crippen LogP contribution in [0.4, 0.5) is 5.69 Å². The molecule has 1 amide bonds. The molecule has 1 aliphatic rings. The highest BCUT2D eigenvalue weighted by Gasteiger charge is 2.30. The van der Waals surface area contributed by atoms with Crippen molar-refractivity contribution in [2.45, 2.75) is 52.2 Å². The molecule has 0 saturated heterocycles. The van der Waals surface area contributed by atoms with Crippen molar-refractivity contribution in [1.29, 1.82) is 0 Å². The Morgan fingerprint density at radius 1 is 1.35 bits per heavy atom. The van der Waals surface area contributed by atoms with Gasteiger partial charge in [0, 0.05) is 12.1 Å². The molecule has 0 unspecified atom stereocenters. The van der Waals surface area contributed by atoms with Gasteiger partial charge < -0.3 is 10.1 Å². The van der Waals surface area contributed by atoms with Crippen LogP contribution in [0.1, 0.15) is 40.0 Å². The summed E-state index contributed by atoms with van der Waals surface area (Å²) < 4.78 is 5.52. The SMILES string of the molecule is C[C@@H]1[C@H](C)CCC[C@@H]1NC(=O)[C@@H](C)Oc1ccccc1[N+](=O)[O-]. The van der Waals surface area contributed by atoms with Gasteiger partial charge in [-0.1, -0.05) is 38.8 Å². The molecule has 0 spiro atoms. The maximum Gasteiger partial charge on any atom is 0.310 e. The molecule has 0 bridgehead atoms. The molecule has 1 aromatic rings. The molecule has 6 nitrogen and oxygen atoms in total. The lowest BCUT2D eigenvalue weighted by molar-refractivity contribution is -0.386. The number of nitro benzene ring substituents is 1. The van der Waals surface area contributed by atoms with Gasteiger partial charge in [-0.3, -0.25) is 14.9 Å². The molecule has 0 aromatic heterocycles. The van der Waals surface area contributed by atoms with Gasteiger partial charge in [0.05, 0.1) is 4.92 Å². The number of hydrogen-bond acceptors (Lipinski definition) is 4. The number of nitrogens with one attached hydrogen (secondary N) is 1. The molecule has 1 fully saturated rings. The van der Waals surface area contributed by atoms with Crippen LogP contribution in [0.25, 0.3) is 0 Å². The van der Waals surface area contributed by atoms with E-state index in [2.05, 4.69) is 19.2 Å². The fraction of sp³-hybridized carbons (Fsp3) is 0.588. The first-order chi connectivity index (χ1) is 10.9. The second-order valence-electron chi connectivity index (χ2n) is 6.37. The predicted octanol–water partition coefficient (Wildman–Crippen LogP) is 3.30. The van der Waals surface area contributed by atoms with Crippen molar-refractivity contribution < 1.29 is 14.5 Å². The van der Waals surface area contributed by atoms with Crippen molar-refractivity contribution in [1.82, 2.24) is 5.32 Å². The molecular weight excluding hydrogens is 296 g/mol. The molecule has 0 heterocycles. The minimum atomic E-state index is -0.777. The molecule has 4 atom stereocenters. The fourth-order valence-corrected chi connectivity index (χ4v) is 3.04. The monoisotopic (exact) mass is 320 g/mol. The summed E-state index contributed by atoms with van der Waals surface area (Å²) in [6.07, 6.45) is 2.49. The molecule has 0 aliphatic heterocycles. The maximum absolute atomic E-state index is 12.3. The van der Waals surface area contributed by atoms with E-state index >= 15 is 0 Å². The van der Waals surface area contributed by atoms with Gasteiger partial charge in [0.1, 0.15) is 0 Å². The van der Waals surface area contributed by atoms with Crippen LogP contribution in [-0.4, -0.2) is 23.0 Å². The van der Waals surface area contributed by atoms with Crippen LogP contribution in [0, 0.1) is 22.0 Å². The quantitative estimate of drug-likeness (QED) is 0.666. The minimum Gasteiger partial charge on any atom is -0.474 e. The van der Waals surface area contributed by atoms with E-state index in [0.29, 0.717) is 11.8 Å². The summed E-state index contributed by atoms with van der Waals surface area (Å²) in [5.41, 5.74) is -0.133. The van der Waals surface area contributed by atoms with E-state index in [0.717, 1.165) is 12.8 Å². The van der Waals surface area contributed by atoms with Gasteiger partial charge in [-0.05, 0) is 31.2 Å². The normalized spacial score (nSPS) is 25.4. The van der Waals surface area contributed by atoms with Crippen molar-refractivity contribution in [2.24, 2.45) is 11.8 Å². The third kappa shape index (κ3) is 4.21. The van der Waals surface area contributed by atoms with Gasteiger partial charge in [-0.15, -0.1) is 0 Å². The van der Waals surface area contributed by atoms with Crippen LogP contribution in [0.3, 0.4) is 0 Å². The van der Waals surface area contributed by atoms with Gasteiger partial charge >= 0.3 is 5.69 Å². The third-order valence-electron chi connectivity index (χ3n) is 4.77. The zero-order chi connectivity index (χ0) is 17.0. The molecular formula is C17H24N2O4. The Balaban J connectivity index is 1.99. The molecule has 1 saturated carbocycles. The predicted molar refractivity (Wildman–Crippen MR) is 87.3 cm³/mol. The molecule has 1 N–H and O–H groups in total. The summed E-state index contributed by atoms with van der Waals surface area (Å²) in [5, 5.41) is 14.0. The Morgan fingerprint density at radius 3 is 2.74 bits per heavy atom. The Bertz CT molecular complexity index is 575. The Hall–Kier alpha value is -2.11. The van der Waals surface area contributed by atoms with Gasteiger partial charge in [0.25, 0.3) is 5.91 Å². The molecule has 6 heteroatoms. The first-order valence-corrected chi connectivity index (χ1v) is 8.10. The van der Waals surface area contributed by atoms with E-state index in [-0.39, 0.29) is 23.4 Å². The lowest BCUT2D eigenvalue weighted by Crippen LogP contribution is -2.48. The molecule has 2 rings (SSSR count). The lowest BCUT2D eigenvalue weighted by Gasteiger charge is -2.35. The summed E-state index contributed by atoms with van der Waals surface area (Å²) in [5.74, 6) is 0.894. The highest BCUT2D eigenvalue weighted by molar-refractivity contribution is 5.81. The highest BCUT2D eigenvalue weighted by atomic mass is 16.6. The molecule has 126 valence electrons. The van der Waals surface area contributed by atoms with Crippen molar-refractivity contribution in [2.75, 3.05) is 0 Å². The van der Waals surface area contributed by atoms with Crippen molar-refractivity contribution in [3.05, 3.63) is 34.4 Å². The number of nitrogens with zero attached hydrogens (tertiary/aromatic N) is 1. The second kappa shape index (κ2) is 7.44. The largest absolute Gasteiger partial charge is 0.474 e. The van der Waals surface area contributed by atoms with Crippen LogP contribution < -0.4 is 10.1 Å². The number of rotatable bonds is 5. The topological polar surface area (TPSA) is 81.5 Å². The first kappa shape index (κ1) is 17.2. The average Bonchev–Trinajstić information content (AvgIpc) is 2.52. The molecule has 0 radical (unpaired) electrons. The molecule has 1 aromatic carbocycles.